The summed E-state index contributed by atoms with van der Waals surface area (Å²) in [4.78, 5) is 35.6. The molecular formula is C22H26N2O5. The van der Waals surface area contributed by atoms with Crippen molar-refractivity contribution in [2.45, 2.75) is 25.8 Å². The van der Waals surface area contributed by atoms with E-state index in [0.717, 1.165) is 11.1 Å². The fourth-order valence-electron chi connectivity index (χ4n) is 2.75. The van der Waals surface area contributed by atoms with Crippen molar-refractivity contribution in [2.75, 3.05) is 20.3 Å². The van der Waals surface area contributed by atoms with E-state index in [0.29, 0.717) is 5.75 Å². The first-order chi connectivity index (χ1) is 14.0. The van der Waals surface area contributed by atoms with E-state index in [9.17, 15) is 14.4 Å². The van der Waals surface area contributed by atoms with Crippen LogP contribution in [-0.2, 0) is 25.5 Å². The molecule has 0 aliphatic heterocycles. The maximum absolute atomic E-state index is 12.0. The number of esters is 1. The highest BCUT2D eigenvalue weighted by Gasteiger charge is 2.15. The second-order valence-corrected chi connectivity index (χ2v) is 6.45. The Hall–Kier alpha value is -3.35. The van der Waals surface area contributed by atoms with Gasteiger partial charge in [-0.1, -0.05) is 48.5 Å². The fraction of sp³-hybridized carbons (Fsp3) is 0.318. The third-order valence-corrected chi connectivity index (χ3v) is 4.21. The van der Waals surface area contributed by atoms with E-state index in [1.807, 2.05) is 61.5 Å². The minimum absolute atomic E-state index is 0.00410. The number of para-hydroxylation sites is 1. The van der Waals surface area contributed by atoms with E-state index in [1.54, 1.807) is 7.11 Å². The normalized spacial score (nSPS) is 11.2. The minimum Gasteiger partial charge on any atom is -0.496 e. The van der Waals surface area contributed by atoms with E-state index in [4.69, 9.17) is 9.47 Å². The average molecular weight is 398 g/mol. The molecule has 0 radical (unpaired) electrons. The van der Waals surface area contributed by atoms with Gasteiger partial charge in [-0.2, -0.15) is 0 Å². The van der Waals surface area contributed by atoms with Crippen LogP contribution >= 0.6 is 0 Å². The zero-order valence-corrected chi connectivity index (χ0v) is 16.6. The van der Waals surface area contributed by atoms with Crippen molar-refractivity contribution < 1.29 is 23.9 Å². The second-order valence-electron chi connectivity index (χ2n) is 6.45. The van der Waals surface area contributed by atoms with Crippen LogP contribution in [0.2, 0.25) is 0 Å². The molecule has 1 atom stereocenters. The maximum atomic E-state index is 12.0. The van der Waals surface area contributed by atoms with Gasteiger partial charge >= 0.3 is 5.97 Å². The molecule has 2 aromatic rings. The van der Waals surface area contributed by atoms with Crippen molar-refractivity contribution in [2.24, 2.45) is 0 Å². The molecule has 7 nitrogen and oxygen atoms in total. The molecule has 29 heavy (non-hydrogen) atoms. The molecule has 0 bridgehead atoms. The number of nitrogens with one attached hydrogen (secondary N) is 2. The van der Waals surface area contributed by atoms with Crippen LogP contribution in [0.25, 0.3) is 0 Å². The molecule has 0 aliphatic rings. The van der Waals surface area contributed by atoms with Crippen LogP contribution in [0.5, 0.6) is 5.75 Å². The molecule has 0 fully saturated rings. The highest BCUT2D eigenvalue weighted by atomic mass is 16.5. The number of benzene rings is 2. The van der Waals surface area contributed by atoms with Gasteiger partial charge < -0.3 is 20.1 Å². The zero-order chi connectivity index (χ0) is 21.1. The van der Waals surface area contributed by atoms with E-state index in [1.165, 1.54) is 0 Å². The Bertz CT molecular complexity index is 823. The first-order valence-electron chi connectivity index (χ1n) is 9.38. The Balaban J connectivity index is 1.65. The average Bonchev–Trinajstić information content (AvgIpc) is 2.73. The van der Waals surface area contributed by atoms with Crippen molar-refractivity contribution in [3.8, 4) is 5.75 Å². The summed E-state index contributed by atoms with van der Waals surface area (Å²) in [5.74, 6) is -0.467. The predicted molar refractivity (Wildman–Crippen MR) is 108 cm³/mol. The van der Waals surface area contributed by atoms with Crippen LogP contribution in [0, 0.1) is 0 Å². The van der Waals surface area contributed by atoms with Crippen LogP contribution < -0.4 is 15.4 Å². The molecular weight excluding hydrogens is 372 g/mol. The van der Waals surface area contributed by atoms with Crippen LogP contribution in [0.4, 0.5) is 0 Å². The Morgan fingerprint density at radius 2 is 1.66 bits per heavy atom. The van der Waals surface area contributed by atoms with Crippen LogP contribution in [-0.4, -0.2) is 38.0 Å². The highest BCUT2D eigenvalue weighted by Crippen LogP contribution is 2.24. The molecule has 0 aromatic heterocycles. The summed E-state index contributed by atoms with van der Waals surface area (Å²) >= 11 is 0. The van der Waals surface area contributed by atoms with Crippen molar-refractivity contribution in [3.63, 3.8) is 0 Å². The number of carbonyl (C=O) groups excluding carboxylic acids is 3. The van der Waals surface area contributed by atoms with E-state index in [2.05, 4.69) is 10.6 Å². The largest absolute Gasteiger partial charge is 0.496 e. The minimum atomic E-state index is -0.551. The van der Waals surface area contributed by atoms with Crippen LogP contribution in [0.15, 0.2) is 54.6 Å². The number of carbonyl (C=O) groups is 3. The van der Waals surface area contributed by atoms with Crippen LogP contribution in [0.1, 0.15) is 30.5 Å². The Kier molecular flexibility index (Phi) is 8.69. The molecule has 7 heteroatoms. The molecule has 2 amide bonds. The van der Waals surface area contributed by atoms with Crippen molar-refractivity contribution in [1.29, 1.82) is 0 Å². The van der Waals surface area contributed by atoms with Gasteiger partial charge in [0.15, 0.2) is 6.61 Å². The lowest BCUT2D eigenvalue weighted by Gasteiger charge is -2.17. The monoisotopic (exact) mass is 398 g/mol. The summed E-state index contributed by atoms with van der Waals surface area (Å²) in [5, 5.41) is 5.42. The van der Waals surface area contributed by atoms with Gasteiger partial charge in [-0.25, -0.2) is 0 Å². The van der Waals surface area contributed by atoms with Gasteiger partial charge in [0.2, 0.25) is 5.91 Å². The van der Waals surface area contributed by atoms with Gasteiger partial charge in [-0.05, 0) is 18.6 Å². The lowest BCUT2D eigenvalue weighted by Crippen LogP contribution is -2.32. The van der Waals surface area contributed by atoms with Crippen molar-refractivity contribution in [1.82, 2.24) is 10.6 Å². The molecule has 0 aliphatic carbocycles. The summed E-state index contributed by atoms with van der Waals surface area (Å²) in [7, 11) is 1.56. The van der Waals surface area contributed by atoms with Crippen LogP contribution in [0.3, 0.4) is 0 Å². The molecule has 2 rings (SSSR count). The molecule has 2 aromatic carbocycles. The first-order valence-corrected chi connectivity index (χ1v) is 9.38. The smallest absolute Gasteiger partial charge is 0.308 e. The SMILES string of the molecule is COc1ccccc1C(C)NC(=O)COC(=O)CCNC(=O)Cc1ccccc1. The molecule has 2 N–H and O–H groups in total. The van der Waals surface area contributed by atoms with Gasteiger partial charge in [-0.15, -0.1) is 0 Å². The van der Waals surface area contributed by atoms with Gasteiger partial charge in [-0.3, -0.25) is 14.4 Å². The van der Waals surface area contributed by atoms with Gasteiger partial charge in [0.05, 0.1) is 26.0 Å². The number of hydrogen-bond acceptors (Lipinski definition) is 5. The summed E-state index contributed by atoms with van der Waals surface area (Å²) in [6.07, 6.45) is 0.245. The standard InChI is InChI=1S/C22H26N2O5/c1-16(18-10-6-7-11-19(18)28-2)24-21(26)15-29-22(27)12-13-23-20(25)14-17-8-4-3-5-9-17/h3-11,16H,12-15H2,1-2H3,(H,23,25)(H,24,26). The zero-order valence-electron chi connectivity index (χ0n) is 16.6. The number of rotatable bonds is 10. The predicted octanol–water partition coefficient (Wildman–Crippen LogP) is 2.16. The Morgan fingerprint density at radius 3 is 2.38 bits per heavy atom. The van der Waals surface area contributed by atoms with Gasteiger partial charge in [0, 0.05) is 12.1 Å². The molecule has 0 saturated heterocycles. The quantitative estimate of drug-likeness (QED) is 0.598. The topological polar surface area (TPSA) is 93.7 Å². The first kappa shape index (κ1) is 21.9. The lowest BCUT2D eigenvalue weighted by molar-refractivity contribution is -0.148. The van der Waals surface area contributed by atoms with Gasteiger partial charge in [0.1, 0.15) is 5.75 Å². The van der Waals surface area contributed by atoms with E-state index >= 15 is 0 Å². The van der Waals surface area contributed by atoms with Gasteiger partial charge in [0.25, 0.3) is 5.91 Å². The second kappa shape index (κ2) is 11.5. The fourth-order valence-corrected chi connectivity index (χ4v) is 2.75. The summed E-state index contributed by atoms with van der Waals surface area (Å²) in [6, 6.07) is 16.4. The summed E-state index contributed by atoms with van der Waals surface area (Å²) in [6.45, 7) is 1.60. The maximum Gasteiger partial charge on any atom is 0.308 e. The highest BCUT2D eigenvalue weighted by molar-refractivity contribution is 5.81. The number of amides is 2. The molecule has 0 spiro atoms. The number of hydrogen-bond donors (Lipinski definition) is 2. The Morgan fingerprint density at radius 1 is 0.966 bits per heavy atom. The Labute approximate surface area is 170 Å². The van der Waals surface area contributed by atoms with Crippen molar-refractivity contribution >= 4 is 17.8 Å². The molecule has 0 saturated carbocycles. The molecule has 154 valence electrons. The van der Waals surface area contributed by atoms with Crippen molar-refractivity contribution in [3.05, 3.63) is 65.7 Å². The third kappa shape index (κ3) is 7.65. The number of ether oxygens (including phenoxy) is 2. The lowest BCUT2D eigenvalue weighted by atomic mass is 10.1. The van der Waals surface area contributed by atoms with E-state index < -0.39 is 11.9 Å². The van der Waals surface area contributed by atoms with E-state index in [-0.39, 0.29) is 37.9 Å². The summed E-state index contributed by atoms with van der Waals surface area (Å²) in [5.41, 5.74) is 1.73. The molecule has 0 heterocycles. The molecule has 1 unspecified atom stereocenters. The summed E-state index contributed by atoms with van der Waals surface area (Å²) < 4.78 is 10.2. The third-order valence-electron chi connectivity index (χ3n) is 4.21. The number of methoxy groups -OCH3 is 1.